The fourth-order valence-electron chi connectivity index (χ4n) is 2.86. The van der Waals surface area contributed by atoms with Crippen molar-refractivity contribution in [1.82, 2.24) is 19.2 Å². The first-order valence-corrected chi connectivity index (χ1v) is 10.2. The first-order chi connectivity index (χ1) is 13.7. The highest BCUT2D eigenvalue weighted by Crippen LogP contribution is 2.22. The molecule has 3 aromatic rings. The van der Waals surface area contributed by atoms with Gasteiger partial charge < -0.3 is 9.88 Å². The fraction of sp³-hybridized carbons (Fsp3) is 0.200. The lowest BCUT2D eigenvalue weighted by atomic mass is 10.0. The van der Waals surface area contributed by atoms with Crippen molar-refractivity contribution in [3.8, 4) is 0 Å². The van der Waals surface area contributed by atoms with Gasteiger partial charge >= 0.3 is 0 Å². The number of rotatable bonds is 6. The first kappa shape index (κ1) is 20.7. The van der Waals surface area contributed by atoms with E-state index in [1.165, 1.54) is 50.5 Å². The van der Waals surface area contributed by atoms with Crippen LogP contribution in [-0.2, 0) is 17.1 Å². The van der Waals surface area contributed by atoms with E-state index in [0.717, 1.165) is 4.31 Å². The highest BCUT2D eigenvalue weighted by atomic mass is 32.2. The molecule has 0 aliphatic rings. The van der Waals surface area contributed by atoms with Gasteiger partial charge in [0.2, 0.25) is 10.0 Å². The zero-order valence-corrected chi connectivity index (χ0v) is 17.0. The molecule has 3 rings (SSSR count). The lowest BCUT2D eigenvalue weighted by molar-refractivity contribution is 0.0941. The molecule has 1 N–H and O–H groups in total. The summed E-state index contributed by atoms with van der Waals surface area (Å²) in [6.07, 6.45) is 3.30. The predicted molar refractivity (Wildman–Crippen MR) is 106 cm³/mol. The van der Waals surface area contributed by atoms with E-state index in [0.29, 0.717) is 11.4 Å². The van der Waals surface area contributed by atoms with Gasteiger partial charge in [0.15, 0.2) is 0 Å². The second-order valence-electron chi connectivity index (χ2n) is 6.67. The molecule has 1 amide bonds. The molecule has 0 bridgehead atoms. The number of imidazole rings is 1. The molecular formula is C20H21FN4O3S. The van der Waals surface area contributed by atoms with Gasteiger partial charge in [0, 0.05) is 39.1 Å². The van der Waals surface area contributed by atoms with Crippen molar-refractivity contribution in [3.63, 3.8) is 0 Å². The van der Waals surface area contributed by atoms with Crippen LogP contribution in [0.25, 0.3) is 0 Å². The zero-order valence-electron chi connectivity index (χ0n) is 16.2. The molecule has 0 saturated carbocycles. The normalized spacial score (nSPS) is 12.7. The summed E-state index contributed by atoms with van der Waals surface area (Å²) >= 11 is 0. The molecule has 0 saturated heterocycles. The largest absolute Gasteiger partial charge is 0.338 e. The average Bonchev–Trinajstić information content (AvgIpc) is 3.11. The molecule has 0 aliphatic carbocycles. The maximum Gasteiger partial charge on any atom is 0.252 e. The number of hydrogen-bond acceptors (Lipinski definition) is 4. The molecule has 9 heteroatoms. The van der Waals surface area contributed by atoms with E-state index < -0.39 is 27.8 Å². The highest BCUT2D eigenvalue weighted by Gasteiger charge is 2.23. The molecular weight excluding hydrogens is 395 g/mol. The Kier molecular flexibility index (Phi) is 5.81. The number of carbonyl (C=O) groups excluding carboxylic acids is 1. The zero-order chi connectivity index (χ0) is 21.2. The lowest BCUT2D eigenvalue weighted by Crippen LogP contribution is -2.31. The second kappa shape index (κ2) is 8.14. The van der Waals surface area contributed by atoms with Crippen LogP contribution in [-0.4, -0.2) is 42.3 Å². The van der Waals surface area contributed by atoms with Crippen LogP contribution in [0.1, 0.15) is 27.8 Å². The van der Waals surface area contributed by atoms with E-state index in [1.54, 1.807) is 36.1 Å². The SMILES string of the molecule is CN(C)S(=O)(=O)c1cccc(C(=O)N[C@@H](c2cccc(F)c2)c2nccn2C)c1. The molecule has 2 aromatic carbocycles. The number of hydrogen-bond donors (Lipinski definition) is 1. The molecule has 1 heterocycles. The van der Waals surface area contributed by atoms with Crippen molar-refractivity contribution < 1.29 is 17.6 Å². The number of halogens is 1. The van der Waals surface area contributed by atoms with Crippen LogP contribution < -0.4 is 5.32 Å². The van der Waals surface area contributed by atoms with Gasteiger partial charge in [0.05, 0.1) is 4.90 Å². The number of sulfonamides is 1. The minimum atomic E-state index is -3.68. The number of aryl methyl sites for hydroxylation is 1. The van der Waals surface area contributed by atoms with E-state index in [4.69, 9.17) is 0 Å². The van der Waals surface area contributed by atoms with Crippen LogP contribution in [0, 0.1) is 5.82 Å². The van der Waals surface area contributed by atoms with Crippen LogP contribution in [0.15, 0.2) is 65.8 Å². The van der Waals surface area contributed by atoms with Crippen LogP contribution in [0.5, 0.6) is 0 Å². The Hall–Kier alpha value is -3.04. The van der Waals surface area contributed by atoms with Gasteiger partial charge in [0.25, 0.3) is 5.91 Å². The van der Waals surface area contributed by atoms with Crippen LogP contribution >= 0.6 is 0 Å². The molecule has 0 aliphatic heterocycles. The standard InChI is InChI=1S/C20H21FN4O3S/c1-24(2)29(27,28)17-9-5-7-15(13-17)20(26)23-18(19-22-10-11-25(19)3)14-6-4-8-16(21)12-14/h4-13,18H,1-3H3,(H,23,26)/t18-/m0/s1. The maximum absolute atomic E-state index is 13.8. The second-order valence-corrected chi connectivity index (χ2v) is 8.82. The Morgan fingerprint density at radius 2 is 1.90 bits per heavy atom. The Morgan fingerprint density at radius 3 is 2.52 bits per heavy atom. The molecule has 0 spiro atoms. The van der Waals surface area contributed by atoms with Crippen molar-refractivity contribution in [1.29, 1.82) is 0 Å². The summed E-state index contributed by atoms with van der Waals surface area (Å²) < 4.78 is 41.3. The van der Waals surface area contributed by atoms with Crippen LogP contribution in [0.3, 0.4) is 0 Å². The summed E-state index contributed by atoms with van der Waals surface area (Å²) in [6.45, 7) is 0. The van der Waals surface area contributed by atoms with Crippen LogP contribution in [0.4, 0.5) is 4.39 Å². The van der Waals surface area contributed by atoms with Crippen molar-refractivity contribution in [2.24, 2.45) is 7.05 Å². The number of amides is 1. The average molecular weight is 416 g/mol. The first-order valence-electron chi connectivity index (χ1n) is 8.76. The van der Waals surface area contributed by atoms with E-state index in [9.17, 15) is 17.6 Å². The van der Waals surface area contributed by atoms with Gasteiger partial charge in [-0.2, -0.15) is 0 Å². The van der Waals surface area contributed by atoms with Gasteiger partial charge in [-0.3, -0.25) is 4.79 Å². The van der Waals surface area contributed by atoms with E-state index >= 15 is 0 Å². The Morgan fingerprint density at radius 1 is 1.17 bits per heavy atom. The fourth-order valence-corrected chi connectivity index (χ4v) is 3.81. The summed E-state index contributed by atoms with van der Waals surface area (Å²) in [5.41, 5.74) is 0.688. The van der Waals surface area contributed by atoms with Crippen molar-refractivity contribution in [2.75, 3.05) is 14.1 Å². The van der Waals surface area contributed by atoms with Crippen LogP contribution in [0.2, 0.25) is 0 Å². The molecule has 29 heavy (non-hydrogen) atoms. The quantitative estimate of drug-likeness (QED) is 0.669. The van der Waals surface area contributed by atoms with Gasteiger partial charge in [-0.15, -0.1) is 0 Å². The van der Waals surface area contributed by atoms with E-state index in [-0.39, 0.29) is 10.5 Å². The lowest BCUT2D eigenvalue weighted by Gasteiger charge is -2.20. The Labute approximate surface area is 168 Å². The minimum absolute atomic E-state index is 0.00875. The summed E-state index contributed by atoms with van der Waals surface area (Å²) in [5, 5.41) is 2.83. The van der Waals surface area contributed by atoms with Crippen molar-refractivity contribution in [2.45, 2.75) is 10.9 Å². The van der Waals surface area contributed by atoms with E-state index in [2.05, 4.69) is 10.3 Å². The number of aromatic nitrogens is 2. The predicted octanol–water partition coefficient (Wildman–Crippen LogP) is 2.33. The smallest absolute Gasteiger partial charge is 0.252 e. The van der Waals surface area contributed by atoms with Crippen molar-refractivity contribution in [3.05, 3.63) is 83.7 Å². The van der Waals surface area contributed by atoms with Crippen molar-refractivity contribution >= 4 is 15.9 Å². The van der Waals surface area contributed by atoms with Gasteiger partial charge in [-0.1, -0.05) is 18.2 Å². The van der Waals surface area contributed by atoms with E-state index in [1.807, 2.05) is 0 Å². The highest BCUT2D eigenvalue weighted by molar-refractivity contribution is 7.89. The molecule has 1 aromatic heterocycles. The third-order valence-electron chi connectivity index (χ3n) is 4.45. The molecule has 0 fully saturated rings. The topological polar surface area (TPSA) is 84.3 Å². The Bertz CT molecular complexity index is 1140. The molecule has 7 nitrogen and oxygen atoms in total. The molecule has 152 valence electrons. The summed E-state index contributed by atoms with van der Waals surface area (Å²) in [5.74, 6) is -0.422. The summed E-state index contributed by atoms with van der Waals surface area (Å²) in [6, 6.07) is 10.9. The maximum atomic E-state index is 13.8. The third kappa shape index (κ3) is 4.36. The number of benzene rings is 2. The number of nitrogens with zero attached hydrogens (tertiary/aromatic N) is 3. The number of nitrogens with one attached hydrogen (secondary N) is 1. The Balaban J connectivity index is 1.97. The summed E-state index contributed by atoms with van der Waals surface area (Å²) in [4.78, 5) is 17.2. The minimum Gasteiger partial charge on any atom is -0.338 e. The van der Waals surface area contributed by atoms with Gasteiger partial charge in [0.1, 0.15) is 17.7 Å². The molecule has 0 unspecified atom stereocenters. The monoisotopic (exact) mass is 416 g/mol. The van der Waals surface area contributed by atoms with Gasteiger partial charge in [-0.05, 0) is 35.9 Å². The molecule has 1 atom stereocenters. The molecule has 0 radical (unpaired) electrons. The van der Waals surface area contributed by atoms with Gasteiger partial charge in [-0.25, -0.2) is 22.1 Å². The third-order valence-corrected chi connectivity index (χ3v) is 6.26. The number of carbonyl (C=O) groups is 1. The summed E-state index contributed by atoms with van der Waals surface area (Å²) in [7, 11) is 0.927.